The molecule has 1 amide bonds. The SMILES string of the molecule is CCC(NS(=O)(=O)c1ccc(OC)c(C(=O)NC)c1)c1ccc(OC)c(C)c1. The van der Waals surface area contributed by atoms with Crippen LogP contribution in [-0.2, 0) is 10.0 Å². The van der Waals surface area contributed by atoms with E-state index in [4.69, 9.17) is 9.47 Å². The molecule has 7 nitrogen and oxygen atoms in total. The molecule has 0 saturated heterocycles. The number of benzene rings is 2. The van der Waals surface area contributed by atoms with Gasteiger partial charge in [0.15, 0.2) is 0 Å². The fraction of sp³-hybridized carbons (Fsp3) is 0.350. The number of hydrogen-bond donors (Lipinski definition) is 2. The minimum Gasteiger partial charge on any atom is -0.496 e. The summed E-state index contributed by atoms with van der Waals surface area (Å²) < 4.78 is 39.0. The van der Waals surface area contributed by atoms with Crippen LogP contribution in [0.4, 0.5) is 0 Å². The molecule has 2 N–H and O–H groups in total. The summed E-state index contributed by atoms with van der Waals surface area (Å²) in [5, 5.41) is 2.48. The number of methoxy groups -OCH3 is 2. The van der Waals surface area contributed by atoms with Crippen LogP contribution in [0.2, 0.25) is 0 Å². The van der Waals surface area contributed by atoms with Crippen LogP contribution in [0, 0.1) is 6.92 Å². The highest BCUT2D eigenvalue weighted by molar-refractivity contribution is 7.89. The molecule has 0 aliphatic heterocycles. The Morgan fingerprint density at radius 3 is 2.25 bits per heavy atom. The summed E-state index contributed by atoms with van der Waals surface area (Å²) in [6.45, 7) is 3.80. The standard InChI is InChI=1S/C20H26N2O5S/c1-6-17(14-7-9-18(26-4)13(2)11-14)22-28(24,25)15-8-10-19(27-5)16(12-15)20(23)21-3/h7-12,17,22H,6H2,1-5H3,(H,21,23). The largest absolute Gasteiger partial charge is 0.496 e. The molecule has 2 rings (SSSR count). The fourth-order valence-electron chi connectivity index (χ4n) is 2.93. The maximum absolute atomic E-state index is 12.9. The van der Waals surface area contributed by atoms with Crippen molar-refractivity contribution in [1.29, 1.82) is 0 Å². The highest BCUT2D eigenvalue weighted by atomic mass is 32.2. The summed E-state index contributed by atoms with van der Waals surface area (Å²) in [5.41, 5.74) is 1.91. The molecule has 1 atom stereocenters. The van der Waals surface area contributed by atoms with Crippen LogP contribution in [0.25, 0.3) is 0 Å². The van der Waals surface area contributed by atoms with Gasteiger partial charge in [-0.05, 0) is 48.7 Å². The summed E-state index contributed by atoms with van der Waals surface area (Å²) in [5.74, 6) is 0.620. The molecule has 0 saturated carbocycles. The first-order valence-electron chi connectivity index (χ1n) is 8.84. The van der Waals surface area contributed by atoms with Crippen molar-refractivity contribution in [2.45, 2.75) is 31.2 Å². The molecule has 0 radical (unpaired) electrons. The van der Waals surface area contributed by atoms with Gasteiger partial charge >= 0.3 is 0 Å². The number of carbonyl (C=O) groups is 1. The zero-order valence-electron chi connectivity index (χ0n) is 16.7. The van der Waals surface area contributed by atoms with Crippen molar-refractivity contribution in [2.75, 3.05) is 21.3 Å². The predicted molar refractivity (Wildman–Crippen MR) is 107 cm³/mol. The Labute approximate surface area is 166 Å². The van der Waals surface area contributed by atoms with Crippen molar-refractivity contribution in [3.63, 3.8) is 0 Å². The number of aryl methyl sites for hydroxylation is 1. The van der Waals surface area contributed by atoms with Gasteiger partial charge in [0.05, 0.1) is 24.7 Å². The van der Waals surface area contributed by atoms with E-state index in [9.17, 15) is 13.2 Å². The van der Waals surface area contributed by atoms with Gasteiger partial charge in [-0.25, -0.2) is 13.1 Å². The lowest BCUT2D eigenvalue weighted by molar-refractivity contribution is 0.0960. The van der Waals surface area contributed by atoms with Crippen molar-refractivity contribution < 1.29 is 22.7 Å². The zero-order chi connectivity index (χ0) is 20.9. The zero-order valence-corrected chi connectivity index (χ0v) is 17.5. The molecule has 0 spiro atoms. The maximum atomic E-state index is 12.9. The molecule has 0 bridgehead atoms. The van der Waals surface area contributed by atoms with Gasteiger partial charge in [0.25, 0.3) is 5.91 Å². The molecular formula is C20H26N2O5S. The van der Waals surface area contributed by atoms with E-state index >= 15 is 0 Å². The quantitative estimate of drug-likeness (QED) is 0.703. The molecule has 0 fully saturated rings. The molecular weight excluding hydrogens is 380 g/mol. The monoisotopic (exact) mass is 406 g/mol. The van der Waals surface area contributed by atoms with Crippen molar-refractivity contribution >= 4 is 15.9 Å². The van der Waals surface area contributed by atoms with Gasteiger partial charge in [-0.15, -0.1) is 0 Å². The van der Waals surface area contributed by atoms with Crippen LogP contribution in [0.3, 0.4) is 0 Å². The van der Waals surface area contributed by atoms with E-state index in [0.717, 1.165) is 16.9 Å². The number of nitrogens with one attached hydrogen (secondary N) is 2. The lowest BCUT2D eigenvalue weighted by Gasteiger charge is -2.19. The molecule has 8 heteroatoms. The highest BCUT2D eigenvalue weighted by Gasteiger charge is 2.23. The van der Waals surface area contributed by atoms with Crippen LogP contribution in [0.1, 0.15) is 40.9 Å². The molecule has 152 valence electrons. The second-order valence-corrected chi connectivity index (χ2v) is 7.97. The van der Waals surface area contributed by atoms with E-state index < -0.39 is 22.0 Å². The maximum Gasteiger partial charge on any atom is 0.254 e. The lowest BCUT2D eigenvalue weighted by Crippen LogP contribution is -2.29. The number of carbonyl (C=O) groups excluding carboxylic acids is 1. The van der Waals surface area contributed by atoms with Crippen LogP contribution in [0.5, 0.6) is 11.5 Å². The number of hydrogen-bond acceptors (Lipinski definition) is 5. The molecule has 0 heterocycles. The number of sulfonamides is 1. The number of amides is 1. The smallest absolute Gasteiger partial charge is 0.254 e. The minimum absolute atomic E-state index is 0.00409. The molecule has 2 aromatic carbocycles. The van der Waals surface area contributed by atoms with Crippen LogP contribution < -0.4 is 19.5 Å². The average molecular weight is 407 g/mol. The summed E-state index contributed by atoms with van der Waals surface area (Å²) >= 11 is 0. The van der Waals surface area contributed by atoms with E-state index in [2.05, 4.69) is 10.0 Å². The first kappa shape index (κ1) is 21.7. The third kappa shape index (κ3) is 4.63. The summed E-state index contributed by atoms with van der Waals surface area (Å²) in [7, 11) is 0.635. The van der Waals surface area contributed by atoms with Crippen LogP contribution in [-0.4, -0.2) is 35.6 Å². The third-order valence-corrected chi connectivity index (χ3v) is 5.95. The van der Waals surface area contributed by atoms with Gasteiger partial charge in [0, 0.05) is 13.1 Å². The van der Waals surface area contributed by atoms with E-state index in [0.29, 0.717) is 12.2 Å². The minimum atomic E-state index is -3.85. The molecule has 0 aliphatic rings. The Morgan fingerprint density at radius 2 is 1.71 bits per heavy atom. The molecule has 28 heavy (non-hydrogen) atoms. The Kier molecular flexibility index (Phi) is 7.04. The van der Waals surface area contributed by atoms with E-state index in [1.807, 2.05) is 32.0 Å². The second kappa shape index (κ2) is 9.07. The molecule has 2 aromatic rings. The van der Waals surface area contributed by atoms with Crippen molar-refractivity contribution in [1.82, 2.24) is 10.0 Å². The van der Waals surface area contributed by atoms with Gasteiger partial charge in [0.1, 0.15) is 11.5 Å². The Bertz CT molecular complexity index is 957. The Morgan fingerprint density at radius 1 is 1.07 bits per heavy atom. The predicted octanol–water partition coefficient (Wildman–Crippen LogP) is 2.80. The van der Waals surface area contributed by atoms with Gasteiger partial charge in [-0.2, -0.15) is 0 Å². The topological polar surface area (TPSA) is 93.7 Å². The van der Waals surface area contributed by atoms with Gasteiger partial charge in [0.2, 0.25) is 10.0 Å². The van der Waals surface area contributed by atoms with E-state index in [1.54, 1.807) is 7.11 Å². The molecule has 0 aliphatic carbocycles. The van der Waals surface area contributed by atoms with Crippen molar-refractivity contribution in [2.24, 2.45) is 0 Å². The summed E-state index contributed by atoms with van der Waals surface area (Å²) in [4.78, 5) is 12.0. The van der Waals surface area contributed by atoms with E-state index in [-0.39, 0.29) is 10.5 Å². The third-order valence-electron chi connectivity index (χ3n) is 4.48. The van der Waals surface area contributed by atoms with E-state index in [1.165, 1.54) is 32.4 Å². The summed E-state index contributed by atoms with van der Waals surface area (Å²) in [6, 6.07) is 9.34. The summed E-state index contributed by atoms with van der Waals surface area (Å²) in [6.07, 6.45) is 0.559. The molecule has 1 unspecified atom stereocenters. The number of rotatable bonds is 8. The van der Waals surface area contributed by atoms with Crippen molar-refractivity contribution in [3.8, 4) is 11.5 Å². The normalized spacial score (nSPS) is 12.3. The Balaban J connectivity index is 2.38. The van der Waals surface area contributed by atoms with Crippen molar-refractivity contribution in [3.05, 3.63) is 53.1 Å². The molecule has 0 aromatic heterocycles. The Hall–Kier alpha value is -2.58. The first-order valence-corrected chi connectivity index (χ1v) is 10.3. The van der Waals surface area contributed by atoms with Gasteiger partial charge in [-0.1, -0.05) is 19.1 Å². The first-order chi connectivity index (χ1) is 13.3. The second-order valence-electron chi connectivity index (χ2n) is 6.25. The highest BCUT2D eigenvalue weighted by Crippen LogP contribution is 2.27. The fourth-order valence-corrected chi connectivity index (χ4v) is 4.26. The van der Waals surface area contributed by atoms with Gasteiger partial charge in [-0.3, -0.25) is 4.79 Å². The van der Waals surface area contributed by atoms with Gasteiger partial charge < -0.3 is 14.8 Å². The number of ether oxygens (including phenoxy) is 2. The lowest BCUT2D eigenvalue weighted by atomic mass is 10.0. The van der Waals surface area contributed by atoms with Crippen LogP contribution >= 0.6 is 0 Å². The average Bonchev–Trinajstić information content (AvgIpc) is 2.70. The van der Waals surface area contributed by atoms with Crippen LogP contribution in [0.15, 0.2) is 41.3 Å².